The molecular formula is C20H31N3O2. The number of aliphatic hydroxyl groups is 1. The van der Waals surface area contributed by atoms with Crippen LogP contribution in [0.5, 0.6) is 0 Å². The molecule has 2 saturated carbocycles. The minimum atomic E-state index is -0.196. The van der Waals surface area contributed by atoms with Gasteiger partial charge in [0.1, 0.15) is 5.82 Å². The lowest BCUT2D eigenvalue weighted by Gasteiger charge is -2.42. The highest BCUT2D eigenvalue weighted by atomic mass is 16.5. The van der Waals surface area contributed by atoms with Crippen molar-refractivity contribution < 1.29 is 9.84 Å². The third-order valence-electron chi connectivity index (χ3n) is 6.75. The maximum Gasteiger partial charge on any atom is 0.131 e. The van der Waals surface area contributed by atoms with Gasteiger partial charge < -0.3 is 9.84 Å². The van der Waals surface area contributed by atoms with E-state index in [2.05, 4.69) is 14.9 Å². The molecule has 4 rings (SSSR count). The fourth-order valence-corrected chi connectivity index (χ4v) is 5.21. The number of rotatable bonds is 4. The third-order valence-corrected chi connectivity index (χ3v) is 6.75. The largest absolute Gasteiger partial charge is 0.393 e. The molecule has 2 aliphatic carbocycles. The Labute approximate surface area is 150 Å². The second kappa shape index (κ2) is 7.29. The quantitative estimate of drug-likeness (QED) is 0.909. The molecule has 5 nitrogen and oxygen atoms in total. The van der Waals surface area contributed by atoms with Crippen LogP contribution in [0.15, 0.2) is 12.4 Å². The van der Waals surface area contributed by atoms with E-state index >= 15 is 0 Å². The number of fused-ring (bicyclic) bond motifs is 1. The summed E-state index contributed by atoms with van der Waals surface area (Å²) in [4.78, 5) is 11.8. The first-order valence-electron chi connectivity index (χ1n) is 9.98. The highest BCUT2D eigenvalue weighted by Crippen LogP contribution is 2.43. The van der Waals surface area contributed by atoms with Crippen LogP contribution in [0.25, 0.3) is 0 Å². The number of aromatic nitrogens is 2. The van der Waals surface area contributed by atoms with Gasteiger partial charge in [-0.2, -0.15) is 0 Å². The number of ether oxygens (including phenoxy) is 1. The van der Waals surface area contributed by atoms with Crippen LogP contribution < -0.4 is 0 Å². The van der Waals surface area contributed by atoms with Crippen molar-refractivity contribution in [2.45, 2.75) is 88.0 Å². The van der Waals surface area contributed by atoms with E-state index in [4.69, 9.17) is 4.74 Å². The van der Waals surface area contributed by atoms with Crippen LogP contribution in [0.4, 0.5) is 0 Å². The maximum absolute atomic E-state index is 10.1. The van der Waals surface area contributed by atoms with Crippen molar-refractivity contribution in [1.29, 1.82) is 0 Å². The van der Waals surface area contributed by atoms with Crippen molar-refractivity contribution in [2.75, 3.05) is 13.7 Å². The van der Waals surface area contributed by atoms with Crippen LogP contribution in [0.2, 0.25) is 0 Å². The molecule has 1 N–H and O–H groups in total. The molecule has 25 heavy (non-hydrogen) atoms. The Kier molecular flexibility index (Phi) is 5.07. The normalized spacial score (nSPS) is 34.2. The van der Waals surface area contributed by atoms with Gasteiger partial charge in [0, 0.05) is 50.1 Å². The first-order valence-corrected chi connectivity index (χ1v) is 9.98. The summed E-state index contributed by atoms with van der Waals surface area (Å²) < 4.78 is 5.93. The third kappa shape index (κ3) is 3.46. The van der Waals surface area contributed by atoms with Crippen molar-refractivity contribution in [3.05, 3.63) is 23.8 Å². The van der Waals surface area contributed by atoms with Crippen molar-refractivity contribution in [1.82, 2.24) is 14.9 Å². The minimum absolute atomic E-state index is 0.0673. The second-order valence-electron chi connectivity index (χ2n) is 8.22. The molecule has 0 spiro atoms. The Morgan fingerprint density at radius 3 is 2.64 bits per heavy atom. The fourth-order valence-electron chi connectivity index (χ4n) is 5.21. The van der Waals surface area contributed by atoms with E-state index in [-0.39, 0.29) is 11.7 Å². The van der Waals surface area contributed by atoms with Crippen LogP contribution in [-0.4, -0.2) is 51.4 Å². The molecule has 0 bridgehead atoms. The smallest absolute Gasteiger partial charge is 0.131 e. The van der Waals surface area contributed by atoms with Gasteiger partial charge in [-0.1, -0.05) is 19.3 Å². The average Bonchev–Trinajstić information content (AvgIpc) is 3.01. The van der Waals surface area contributed by atoms with Crippen molar-refractivity contribution in [3.8, 4) is 0 Å². The molecule has 0 aromatic carbocycles. The maximum atomic E-state index is 10.1. The summed E-state index contributed by atoms with van der Waals surface area (Å²) in [5.74, 6) is 1.59. The fraction of sp³-hybridized carbons (Fsp3) is 0.800. The van der Waals surface area contributed by atoms with Gasteiger partial charge in [0.25, 0.3) is 0 Å². The minimum Gasteiger partial charge on any atom is -0.393 e. The topological polar surface area (TPSA) is 58.5 Å². The summed E-state index contributed by atoms with van der Waals surface area (Å²) in [7, 11) is 1.83. The zero-order valence-electron chi connectivity index (χ0n) is 15.4. The van der Waals surface area contributed by atoms with Crippen molar-refractivity contribution in [3.63, 3.8) is 0 Å². The molecule has 1 aliphatic heterocycles. The standard InChI is InChI=1S/C20H31N3O2/c1-25-20-8-7-17(24)11-18(20)23(10-9-20)14-15-12-21-19(22-13-15)16-5-3-2-4-6-16/h12-13,16-18,24H,2-11,14H2,1H3/t17-,18-,20+/m0/s1. The van der Waals surface area contributed by atoms with E-state index in [1.807, 2.05) is 19.5 Å². The van der Waals surface area contributed by atoms with Crippen molar-refractivity contribution in [2.24, 2.45) is 0 Å². The molecule has 3 aliphatic rings. The molecule has 2 heterocycles. The van der Waals surface area contributed by atoms with E-state index in [9.17, 15) is 5.11 Å². The molecule has 1 aromatic rings. The number of nitrogens with zero attached hydrogens (tertiary/aromatic N) is 3. The lowest BCUT2D eigenvalue weighted by molar-refractivity contribution is -0.0879. The van der Waals surface area contributed by atoms with Gasteiger partial charge in [-0.15, -0.1) is 0 Å². The number of aliphatic hydroxyl groups excluding tert-OH is 1. The van der Waals surface area contributed by atoms with Gasteiger partial charge in [-0.3, -0.25) is 4.90 Å². The summed E-state index contributed by atoms with van der Waals surface area (Å²) in [5, 5.41) is 10.1. The van der Waals surface area contributed by atoms with Gasteiger partial charge in [0.05, 0.1) is 11.7 Å². The molecule has 0 radical (unpaired) electrons. The number of likely N-dealkylation sites (tertiary alicyclic amines) is 1. The molecule has 138 valence electrons. The first-order chi connectivity index (χ1) is 12.2. The summed E-state index contributed by atoms with van der Waals surface area (Å²) in [6.45, 7) is 1.88. The Hall–Kier alpha value is -1.04. The zero-order valence-corrected chi connectivity index (χ0v) is 15.4. The zero-order chi connectivity index (χ0) is 17.3. The lowest BCUT2D eigenvalue weighted by atomic mass is 9.79. The highest BCUT2D eigenvalue weighted by molar-refractivity contribution is 5.11. The van der Waals surface area contributed by atoms with Gasteiger partial charge in [-0.05, 0) is 38.5 Å². The van der Waals surface area contributed by atoms with E-state index in [1.165, 1.54) is 37.7 Å². The van der Waals surface area contributed by atoms with Crippen LogP contribution in [-0.2, 0) is 11.3 Å². The summed E-state index contributed by atoms with van der Waals surface area (Å²) in [5.41, 5.74) is 1.11. The highest BCUT2D eigenvalue weighted by Gasteiger charge is 2.50. The van der Waals surface area contributed by atoms with Crippen LogP contribution in [0, 0.1) is 0 Å². The van der Waals surface area contributed by atoms with Gasteiger partial charge in [-0.25, -0.2) is 9.97 Å². The molecule has 5 heteroatoms. The number of hydrogen-bond acceptors (Lipinski definition) is 5. The molecule has 0 unspecified atom stereocenters. The Morgan fingerprint density at radius 1 is 1.16 bits per heavy atom. The molecule has 1 saturated heterocycles. The number of methoxy groups -OCH3 is 1. The average molecular weight is 345 g/mol. The summed E-state index contributed by atoms with van der Waals surface area (Å²) >= 11 is 0. The Bertz CT molecular complexity index is 573. The Morgan fingerprint density at radius 2 is 1.92 bits per heavy atom. The summed E-state index contributed by atoms with van der Waals surface area (Å²) in [6, 6.07) is 0.305. The SMILES string of the molecule is CO[C@@]12CC[C@H](O)C[C@@H]1N(Cc1cnc(C3CCCCC3)nc1)CC2. The first kappa shape index (κ1) is 17.4. The van der Waals surface area contributed by atoms with Gasteiger partial charge in [0.2, 0.25) is 0 Å². The molecular weight excluding hydrogens is 314 g/mol. The molecule has 1 aromatic heterocycles. The predicted molar refractivity (Wildman–Crippen MR) is 96.3 cm³/mol. The van der Waals surface area contributed by atoms with Crippen LogP contribution in [0.3, 0.4) is 0 Å². The lowest BCUT2D eigenvalue weighted by Crippen LogP contribution is -2.51. The summed E-state index contributed by atoms with van der Waals surface area (Å²) in [6.07, 6.45) is 14.0. The molecule has 3 atom stereocenters. The molecule has 3 fully saturated rings. The van der Waals surface area contributed by atoms with Gasteiger partial charge in [0.15, 0.2) is 0 Å². The van der Waals surface area contributed by atoms with E-state index < -0.39 is 0 Å². The second-order valence-corrected chi connectivity index (χ2v) is 8.22. The van der Waals surface area contributed by atoms with Crippen LogP contribution in [0.1, 0.15) is 75.1 Å². The van der Waals surface area contributed by atoms with Crippen molar-refractivity contribution >= 4 is 0 Å². The van der Waals surface area contributed by atoms with E-state index in [1.54, 1.807) is 0 Å². The molecule has 0 amide bonds. The van der Waals surface area contributed by atoms with Gasteiger partial charge >= 0.3 is 0 Å². The monoisotopic (exact) mass is 345 g/mol. The van der Waals surface area contributed by atoms with Crippen LogP contribution >= 0.6 is 0 Å². The number of hydrogen-bond donors (Lipinski definition) is 1. The Balaban J connectivity index is 1.43. The van der Waals surface area contributed by atoms with E-state index in [0.717, 1.165) is 44.6 Å². The van der Waals surface area contributed by atoms with E-state index in [0.29, 0.717) is 12.0 Å². The predicted octanol–water partition coefficient (Wildman–Crippen LogP) is 3.03.